The highest BCUT2D eigenvalue weighted by Crippen LogP contribution is 2.38. The van der Waals surface area contributed by atoms with Crippen molar-refractivity contribution < 1.29 is 28.2 Å². The first kappa shape index (κ1) is 21.0. The maximum atomic E-state index is 14.0. The molecular formula is C18H13ClF2IN3O5. The summed E-state index contributed by atoms with van der Waals surface area (Å²) < 4.78 is 35.5. The lowest BCUT2D eigenvalue weighted by molar-refractivity contribution is 0.0120. The number of nitrogens with one attached hydrogen (secondary N) is 1. The molecule has 2 N–H and O–H groups in total. The van der Waals surface area contributed by atoms with Gasteiger partial charge in [-0.3, -0.25) is 14.4 Å². The largest absolute Gasteiger partial charge is 0.503 e. The summed E-state index contributed by atoms with van der Waals surface area (Å²) in [5, 5.41) is 12.0. The zero-order valence-corrected chi connectivity index (χ0v) is 17.9. The molecule has 158 valence electrons. The third-order valence-corrected chi connectivity index (χ3v) is 6.35. The van der Waals surface area contributed by atoms with Crippen LogP contribution in [0.25, 0.3) is 0 Å². The van der Waals surface area contributed by atoms with Gasteiger partial charge in [-0.1, -0.05) is 17.7 Å². The average molecular weight is 552 g/mol. The number of hydrogen-bond donors (Lipinski definition) is 2. The van der Waals surface area contributed by atoms with Crippen molar-refractivity contribution in [2.45, 2.75) is 25.2 Å². The molecule has 0 aliphatic carbocycles. The molecule has 0 radical (unpaired) electrons. The first-order chi connectivity index (χ1) is 14.2. The number of aromatic hydroxyl groups is 1. The first-order valence-electron chi connectivity index (χ1n) is 8.72. The zero-order chi connectivity index (χ0) is 21.7. The van der Waals surface area contributed by atoms with Crippen LogP contribution in [0, 0.1) is 11.6 Å². The van der Waals surface area contributed by atoms with E-state index in [1.807, 2.05) is 0 Å². The molecule has 8 nitrogen and oxygen atoms in total. The third-order valence-electron chi connectivity index (χ3n) is 5.02. The van der Waals surface area contributed by atoms with E-state index in [1.165, 1.54) is 13.9 Å². The lowest BCUT2D eigenvalue weighted by Crippen LogP contribution is -2.45. The lowest BCUT2D eigenvalue weighted by Gasteiger charge is -2.35. The number of carbonyl (C=O) groups is 2. The second-order valence-corrected chi connectivity index (χ2v) is 8.14. The first-order valence-corrected chi connectivity index (χ1v) is 10.1. The Morgan fingerprint density at radius 2 is 2.10 bits per heavy atom. The summed E-state index contributed by atoms with van der Waals surface area (Å²) in [6, 6.07) is 1.68. The predicted molar refractivity (Wildman–Crippen MR) is 108 cm³/mol. The Balaban J connectivity index is 1.67. The number of benzene rings is 1. The second kappa shape index (κ2) is 7.78. The van der Waals surface area contributed by atoms with Gasteiger partial charge in [-0.25, -0.2) is 11.9 Å². The summed E-state index contributed by atoms with van der Waals surface area (Å²) in [5.41, 5.74) is -1.77. The SMILES string of the molecule is O=C(NCc1ccc(F)c(Cl)c1F)c1cn2c(c(O)c1=O)C(=O)N(I)[C@@H]1OCC[C@@H]12. The van der Waals surface area contributed by atoms with Crippen molar-refractivity contribution in [2.24, 2.45) is 0 Å². The fourth-order valence-electron chi connectivity index (χ4n) is 3.50. The smallest absolute Gasteiger partial charge is 0.285 e. The van der Waals surface area contributed by atoms with Gasteiger partial charge in [-0.05, 0) is 12.5 Å². The van der Waals surface area contributed by atoms with E-state index in [1.54, 1.807) is 22.9 Å². The fraction of sp³-hybridized carbons (Fsp3) is 0.278. The Labute approximate surface area is 186 Å². The normalized spacial score (nSPS) is 20.1. The number of fused-ring (bicyclic) bond motifs is 3. The molecular weight excluding hydrogens is 539 g/mol. The Bertz CT molecular complexity index is 1140. The maximum absolute atomic E-state index is 14.0. The molecule has 1 saturated heterocycles. The monoisotopic (exact) mass is 551 g/mol. The molecule has 2 aliphatic rings. The molecule has 2 aliphatic heterocycles. The van der Waals surface area contributed by atoms with Gasteiger partial charge in [0.1, 0.15) is 22.2 Å². The van der Waals surface area contributed by atoms with E-state index >= 15 is 0 Å². The summed E-state index contributed by atoms with van der Waals surface area (Å²) in [5.74, 6) is -4.34. The molecule has 1 aromatic carbocycles. The number of carbonyl (C=O) groups excluding carboxylic acids is 2. The molecule has 12 heteroatoms. The van der Waals surface area contributed by atoms with Gasteiger partial charge in [-0.15, -0.1) is 0 Å². The number of amides is 2. The van der Waals surface area contributed by atoms with Crippen molar-refractivity contribution in [3.05, 3.63) is 62.0 Å². The maximum Gasteiger partial charge on any atom is 0.285 e. The van der Waals surface area contributed by atoms with Crippen LogP contribution in [0.3, 0.4) is 0 Å². The van der Waals surface area contributed by atoms with E-state index in [-0.39, 0.29) is 23.8 Å². The van der Waals surface area contributed by atoms with Gasteiger partial charge in [-0.2, -0.15) is 0 Å². The molecule has 3 heterocycles. The molecule has 1 aromatic heterocycles. The summed E-state index contributed by atoms with van der Waals surface area (Å²) >= 11 is 7.28. The van der Waals surface area contributed by atoms with Crippen molar-refractivity contribution >= 4 is 46.3 Å². The van der Waals surface area contributed by atoms with Crippen molar-refractivity contribution in [3.63, 3.8) is 0 Å². The van der Waals surface area contributed by atoms with Gasteiger partial charge in [0.05, 0.1) is 35.5 Å². The Kier molecular flexibility index (Phi) is 5.45. The van der Waals surface area contributed by atoms with Gasteiger partial charge in [0, 0.05) is 18.3 Å². The van der Waals surface area contributed by atoms with Crippen molar-refractivity contribution in [1.29, 1.82) is 0 Å². The molecule has 2 atom stereocenters. The molecule has 1 fully saturated rings. The van der Waals surface area contributed by atoms with Crippen LogP contribution in [0.1, 0.15) is 38.9 Å². The van der Waals surface area contributed by atoms with E-state index in [2.05, 4.69) is 5.32 Å². The number of aromatic nitrogens is 1. The summed E-state index contributed by atoms with van der Waals surface area (Å²) in [6.07, 6.45) is 1.10. The van der Waals surface area contributed by atoms with Crippen LogP contribution in [-0.4, -0.2) is 37.4 Å². The number of halogens is 4. The minimum atomic E-state index is -1.04. The van der Waals surface area contributed by atoms with E-state index in [9.17, 15) is 28.3 Å². The highest BCUT2D eigenvalue weighted by atomic mass is 127. The molecule has 30 heavy (non-hydrogen) atoms. The highest BCUT2D eigenvalue weighted by molar-refractivity contribution is 14.1. The van der Waals surface area contributed by atoms with Crippen molar-refractivity contribution in [2.75, 3.05) is 6.61 Å². The van der Waals surface area contributed by atoms with Gasteiger partial charge in [0.15, 0.2) is 17.7 Å². The molecule has 0 unspecified atom stereocenters. The molecule has 0 spiro atoms. The topological polar surface area (TPSA) is 101 Å². The third kappa shape index (κ3) is 3.24. The molecule has 0 bridgehead atoms. The van der Waals surface area contributed by atoms with E-state index in [4.69, 9.17) is 16.3 Å². The molecule has 2 amide bonds. The molecule has 4 rings (SSSR count). The van der Waals surface area contributed by atoms with Crippen LogP contribution in [0.5, 0.6) is 5.75 Å². The van der Waals surface area contributed by atoms with Crippen LogP contribution in [0.15, 0.2) is 23.1 Å². The Hall–Kier alpha value is -2.25. The van der Waals surface area contributed by atoms with E-state index in [0.29, 0.717) is 13.0 Å². The molecule has 0 saturated carbocycles. The highest BCUT2D eigenvalue weighted by Gasteiger charge is 2.44. The van der Waals surface area contributed by atoms with E-state index in [0.717, 1.165) is 12.1 Å². The average Bonchev–Trinajstić information content (AvgIpc) is 3.21. The van der Waals surface area contributed by atoms with Crippen LogP contribution in [0.2, 0.25) is 5.02 Å². The van der Waals surface area contributed by atoms with Crippen LogP contribution >= 0.6 is 34.5 Å². The molecule has 2 aromatic rings. The van der Waals surface area contributed by atoms with Crippen molar-refractivity contribution in [3.8, 4) is 5.75 Å². The standard InChI is InChI=1S/C18H13ClF2IN3O5/c19-11-9(20)2-1-7(12(11)21)5-23-16(28)8-6-24-10-3-4-30-18(10)25(22)17(29)13(24)15(27)14(8)26/h1-2,6,10,18,27H,3-5H2,(H,23,28)/t10-,18+/m0/s1. The van der Waals surface area contributed by atoms with Gasteiger partial charge >= 0.3 is 0 Å². The summed E-state index contributed by atoms with van der Waals surface area (Å²) in [4.78, 5) is 37.7. The van der Waals surface area contributed by atoms with Gasteiger partial charge in [0.25, 0.3) is 11.8 Å². The number of hydrogen-bond acceptors (Lipinski definition) is 5. The number of ether oxygens (including phenoxy) is 1. The lowest BCUT2D eigenvalue weighted by atomic mass is 10.1. The van der Waals surface area contributed by atoms with E-state index < -0.39 is 51.4 Å². The minimum absolute atomic E-state index is 0.0861. The fourth-order valence-corrected chi connectivity index (χ4v) is 4.45. The Morgan fingerprint density at radius 3 is 2.83 bits per heavy atom. The van der Waals surface area contributed by atoms with Crippen LogP contribution < -0.4 is 10.7 Å². The number of rotatable bonds is 3. The van der Waals surface area contributed by atoms with Crippen molar-refractivity contribution in [1.82, 2.24) is 13.0 Å². The van der Waals surface area contributed by atoms with Gasteiger partial charge < -0.3 is 19.7 Å². The van der Waals surface area contributed by atoms with Crippen LogP contribution in [-0.2, 0) is 11.3 Å². The second-order valence-electron chi connectivity index (χ2n) is 6.73. The quantitative estimate of drug-likeness (QED) is 0.347. The number of pyridine rings is 1. The number of nitrogens with zero attached hydrogens (tertiary/aromatic N) is 2. The predicted octanol–water partition coefficient (Wildman–Crippen LogP) is 2.51. The Morgan fingerprint density at radius 1 is 1.37 bits per heavy atom. The summed E-state index contributed by atoms with van der Waals surface area (Å²) in [6.45, 7) is -0.0111. The minimum Gasteiger partial charge on any atom is -0.503 e. The zero-order valence-electron chi connectivity index (χ0n) is 15.0. The van der Waals surface area contributed by atoms with Crippen LogP contribution in [0.4, 0.5) is 8.78 Å². The summed E-state index contributed by atoms with van der Waals surface area (Å²) in [7, 11) is 0. The van der Waals surface area contributed by atoms with Gasteiger partial charge in [0.2, 0.25) is 5.43 Å².